The maximum absolute atomic E-state index is 13.0. The number of hydrogen-bond donors (Lipinski definition) is 2. The van der Waals surface area contributed by atoms with Crippen LogP contribution in [0.15, 0.2) is 24.3 Å². The van der Waals surface area contributed by atoms with Gasteiger partial charge in [0, 0.05) is 39.0 Å². The van der Waals surface area contributed by atoms with Crippen molar-refractivity contribution in [3.63, 3.8) is 0 Å². The van der Waals surface area contributed by atoms with E-state index in [1.165, 1.54) is 24.3 Å². The molecular formula is C20H24FN5O4S. The van der Waals surface area contributed by atoms with Gasteiger partial charge in [-0.25, -0.2) is 4.39 Å². The largest absolute Gasteiger partial charge is 0.385 e. The molecule has 1 aliphatic rings. The molecule has 3 amide bonds. The number of likely N-dealkylation sites (tertiary alicyclic amines) is 1. The van der Waals surface area contributed by atoms with E-state index in [1.807, 2.05) is 0 Å². The fourth-order valence-corrected chi connectivity index (χ4v) is 3.91. The third-order valence-corrected chi connectivity index (χ3v) is 5.72. The molecule has 1 fully saturated rings. The van der Waals surface area contributed by atoms with Gasteiger partial charge in [-0.1, -0.05) is 11.3 Å². The number of piperidine rings is 1. The molecule has 1 aromatic heterocycles. The Balaban J connectivity index is 1.56. The summed E-state index contributed by atoms with van der Waals surface area (Å²) in [4.78, 5) is 39.1. The van der Waals surface area contributed by atoms with E-state index in [-0.39, 0.29) is 27.7 Å². The number of nitrogens with one attached hydrogen (secondary N) is 2. The maximum atomic E-state index is 13.0. The normalized spacial score (nSPS) is 16.1. The van der Waals surface area contributed by atoms with Crippen LogP contribution in [0.2, 0.25) is 0 Å². The van der Waals surface area contributed by atoms with Gasteiger partial charge >= 0.3 is 0 Å². The van der Waals surface area contributed by atoms with E-state index in [4.69, 9.17) is 4.74 Å². The molecule has 2 N–H and O–H groups in total. The quantitative estimate of drug-likeness (QED) is 0.596. The summed E-state index contributed by atoms with van der Waals surface area (Å²) in [5, 5.41) is 13.2. The maximum Gasteiger partial charge on any atom is 0.286 e. The summed E-state index contributed by atoms with van der Waals surface area (Å²) in [5.41, 5.74) is 0.407. The summed E-state index contributed by atoms with van der Waals surface area (Å²) >= 11 is 0.880. The topological polar surface area (TPSA) is 114 Å². The van der Waals surface area contributed by atoms with E-state index in [9.17, 15) is 18.8 Å². The molecule has 0 saturated carbocycles. The van der Waals surface area contributed by atoms with Gasteiger partial charge in [0.15, 0.2) is 0 Å². The molecule has 3 rings (SSSR count). The average Bonchev–Trinajstić information content (AvgIpc) is 3.28. The second-order valence-corrected chi connectivity index (χ2v) is 8.08. The van der Waals surface area contributed by atoms with Crippen molar-refractivity contribution in [1.29, 1.82) is 0 Å². The molecule has 1 aromatic carbocycles. The molecule has 166 valence electrons. The molecule has 11 heteroatoms. The predicted molar refractivity (Wildman–Crippen MR) is 112 cm³/mol. The Bertz CT molecular complexity index is 921. The Labute approximate surface area is 183 Å². The summed E-state index contributed by atoms with van der Waals surface area (Å²) in [6.07, 6.45) is 2.14. The van der Waals surface area contributed by atoms with Gasteiger partial charge in [-0.15, -0.1) is 10.2 Å². The lowest BCUT2D eigenvalue weighted by Crippen LogP contribution is -2.45. The molecule has 0 aliphatic carbocycles. The van der Waals surface area contributed by atoms with E-state index in [0.717, 1.165) is 17.8 Å². The van der Waals surface area contributed by atoms with Crippen molar-refractivity contribution < 1.29 is 23.5 Å². The highest BCUT2D eigenvalue weighted by Gasteiger charge is 2.30. The zero-order chi connectivity index (χ0) is 22.2. The Kier molecular flexibility index (Phi) is 8.01. The van der Waals surface area contributed by atoms with Gasteiger partial charge in [0.05, 0.1) is 5.92 Å². The zero-order valence-corrected chi connectivity index (χ0v) is 17.9. The molecule has 0 bridgehead atoms. The second kappa shape index (κ2) is 10.9. The van der Waals surface area contributed by atoms with Gasteiger partial charge in [-0.3, -0.25) is 14.4 Å². The Morgan fingerprint density at radius 1 is 1.23 bits per heavy atom. The van der Waals surface area contributed by atoms with Gasteiger partial charge in [0.1, 0.15) is 5.82 Å². The van der Waals surface area contributed by atoms with Crippen molar-refractivity contribution in [2.24, 2.45) is 5.92 Å². The van der Waals surface area contributed by atoms with E-state index < -0.39 is 11.7 Å². The lowest BCUT2D eigenvalue weighted by molar-refractivity contribution is -0.126. The molecule has 2 heterocycles. The number of anilines is 1. The Hall–Kier alpha value is -2.92. The van der Waals surface area contributed by atoms with Crippen LogP contribution in [0.5, 0.6) is 0 Å². The fraction of sp³-hybridized carbons (Fsp3) is 0.450. The monoisotopic (exact) mass is 449 g/mol. The van der Waals surface area contributed by atoms with Crippen LogP contribution in [0.4, 0.5) is 10.1 Å². The van der Waals surface area contributed by atoms with E-state index in [2.05, 4.69) is 20.8 Å². The third kappa shape index (κ3) is 6.28. The smallest absolute Gasteiger partial charge is 0.286 e. The predicted octanol–water partition coefficient (Wildman–Crippen LogP) is 1.93. The first kappa shape index (κ1) is 22.8. The van der Waals surface area contributed by atoms with Gasteiger partial charge in [0.25, 0.3) is 11.8 Å². The first-order chi connectivity index (χ1) is 15.0. The molecule has 0 spiro atoms. The van der Waals surface area contributed by atoms with E-state index in [1.54, 1.807) is 12.0 Å². The molecule has 9 nitrogen and oxygen atoms in total. The second-order valence-electron chi connectivity index (χ2n) is 7.10. The highest BCUT2D eigenvalue weighted by atomic mass is 32.1. The number of halogens is 1. The highest BCUT2D eigenvalue weighted by molar-refractivity contribution is 7.15. The Morgan fingerprint density at radius 3 is 2.71 bits per heavy atom. The van der Waals surface area contributed by atoms with Crippen molar-refractivity contribution in [3.05, 3.63) is 40.1 Å². The summed E-state index contributed by atoms with van der Waals surface area (Å²) in [5.74, 6) is -1.66. The van der Waals surface area contributed by atoms with Crippen molar-refractivity contribution in [2.45, 2.75) is 19.3 Å². The van der Waals surface area contributed by atoms with Gasteiger partial charge in [0.2, 0.25) is 15.9 Å². The Morgan fingerprint density at radius 2 is 1.97 bits per heavy atom. The first-order valence-electron chi connectivity index (χ1n) is 9.94. The van der Waals surface area contributed by atoms with Crippen LogP contribution in [0.3, 0.4) is 0 Å². The number of amides is 3. The van der Waals surface area contributed by atoms with Crippen LogP contribution in [0.25, 0.3) is 0 Å². The minimum absolute atomic E-state index is 0.0251. The standard InChI is InChI=1S/C20H24FN5O4S/c1-30-11-3-9-22-16(27)13-4-2-10-26(12-13)20(29)19-25-24-18(31-19)17(28)23-15-7-5-14(21)6-8-15/h5-8,13H,2-4,9-12H2,1H3,(H,22,27)(H,23,28). The summed E-state index contributed by atoms with van der Waals surface area (Å²) < 4.78 is 17.9. The fourth-order valence-electron chi connectivity index (χ4n) is 3.20. The SMILES string of the molecule is COCCCNC(=O)C1CCCN(C(=O)c2nnc(C(=O)Nc3ccc(F)cc3)s2)C1. The van der Waals surface area contributed by atoms with Crippen LogP contribution in [0.1, 0.15) is 38.9 Å². The molecule has 0 radical (unpaired) electrons. The third-order valence-electron chi connectivity index (χ3n) is 4.81. The number of rotatable bonds is 8. The van der Waals surface area contributed by atoms with Crippen molar-refractivity contribution in [2.75, 3.05) is 38.7 Å². The summed E-state index contributed by atoms with van der Waals surface area (Å²) in [7, 11) is 1.61. The number of nitrogens with zero attached hydrogens (tertiary/aromatic N) is 3. The van der Waals surface area contributed by atoms with Crippen LogP contribution in [-0.2, 0) is 9.53 Å². The zero-order valence-electron chi connectivity index (χ0n) is 17.1. The number of benzene rings is 1. The molecule has 1 saturated heterocycles. The first-order valence-corrected chi connectivity index (χ1v) is 10.8. The molecular weight excluding hydrogens is 425 g/mol. The van der Waals surface area contributed by atoms with Crippen LogP contribution >= 0.6 is 11.3 Å². The number of methoxy groups -OCH3 is 1. The van der Waals surface area contributed by atoms with Gasteiger partial charge in [-0.05, 0) is 43.5 Å². The van der Waals surface area contributed by atoms with Crippen LogP contribution in [0, 0.1) is 11.7 Å². The number of carbonyl (C=O) groups is 3. The summed E-state index contributed by atoms with van der Waals surface area (Å²) in [6, 6.07) is 5.30. The molecule has 31 heavy (non-hydrogen) atoms. The minimum Gasteiger partial charge on any atom is -0.385 e. The van der Waals surface area contributed by atoms with Crippen molar-refractivity contribution >= 4 is 34.7 Å². The minimum atomic E-state index is -0.532. The number of carbonyl (C=O) groups excluding carboxylic acids is 3. The summed E-state index contributed by atoms with van der Waals surface area (Å²) in [6.45, 7) is 1.92. The number of aromatic nitrogens is 2. The lowest BCUT2D eigenvalue weighted by atomic mass is 9.97. The van der Waals surface area contributed by atoms with Crippen molar-refractivity contribution in [3.8, 4) is 0 Å². The lowest BCUT2D eigenvalue weighted by Gasteiger charge is -2.31. The van der Waals surface area contributed by atoms with E-state index in [0.29, 0.717) is 44.8 Å². The van der Waals surface area contributed by atoms with Gasteiger partial charge < -0.3 is 20.3 Å². The number of ether oxygens (including phenoxy) is 1. The average molecular weight is 450 g/mol. The molecule has 1 atom stereocenters. The molecule has 1 unspecified atom stereocenters. The number of hydrogen-bond acceptors (Lipinski definition) is 7. The molecule has 1 aliphatic heterocycles. The van der Waals surface area contributed by atoms with Gasteiger partial charge in [-0.2, -0.15) is 0 Å². The van der Waals surface area contributed by atoms with Crippen molar-refractivity contribution in [1.82, 2.24) is 20.4 Å². The molecule has 2 aromatic rings. The van der Waals surface area contributed by atoms with E-state index >= 15 is 0 Å². The van der Waals surface area contributed by atoms with Crippen LogP contribution < -0.4 is 10.6 Å². The highest BCUT2D eigenvalue weighted by Crippen LogP contribution is 2.21. The van der Waals surface area contributed by atoms with Crippen LogP contribution in [-0.4, -0.2) is 66.2 Å².